The maximum absolute atomic E-state index is 11.7. The van der Waals surface area contributed by atoms with Gasteiger partial charge in [-0.25, -0.2) is 0 Å². The van der Waals surface area contributed by atoms with Gasteiger partial charge >= 0.3 is 0 Å². The summed E-state index contributed by atoms with van der Waals surface area (Å²) in [4.78, 5) is 25.3. The van der Waals surface area contributed by atoms with Gasteiger partial charge in [0.05, 0.1) is 6.54 Å². The highest BCUT2D eigenvalue weighted by Gasteiger charge is 2.22. The molecule has 0 heterocycles. The first-order valence-electron chi connectivity index (χ1n) is 5.56. The van der Waals surface area contributed by atoms with Gasteiger partial charge in [-0.05, 0) is 12.8 Å². The summed E-state index contributed by atoms with van der Waals surface area (Å²) < 4.78 is 0. The van der Waals surface area contributed by atoms with Crippen LogP contribution in [0, 0.1) is 0 Å². The Balaban J connectivity index is 2.40. The third-order valence-electron chi connectivity index (χ3n) is 3.08. The molecule has 1 aliphatic carbocycles. The van der Waals surface area contributed by atoms with Crippen LogP contribution in [-0.2, 0) is 9.59 Å². The van der Waals surface area contributed by atoms with Crippen molar-refractivity contribution in [3.8, 4) is 0 Å². The van der Waals surface area contributed by atoms with Gasteiger partial charge in [-0.2, -0.15) is 0 Å². The lowest BCUT2D eigenvalue weighted by Crippen LogP contribution is -2.43. The minimum atomic E-state index is 0.0384. The number of hydrogen-bond acceptors (Lipinski definition) is 2. The summed E-state index contributed by atoms with van der Waals surface area (Å²) in [7, 11) is 3.47. The highest BCUT2D eigenvalue weighted by atomic mass is 16.2. The average Bonchev–Trinajstić information content (AvgIpc) is 2.29. The van der Waals surface area contributed by atoms with Crippen LogP contribution in [0.3, 0.4) is 0 Å². The Morgan fingerprint density at radius 2 is 1.87 bits per heavy atom. The van der Waals surface area contributed by atoms with Gasteiger partial charge in [-0.1, -0.05) is 19.3 Å². The first kappa shape index (κ1) is 12.0. The molecular formula is C11H20N2O2. The van der Waals surface area contributed by atoms with E-state index in [1.54, 1.807) is 11.9 Å². The summed E-state index contributed by atoms with van der Waals surface area (Å²) in [5.74, 6) is 0.0384. The lowest BCUT2D eigenvalue weighted by molar-refractivity contribution is -0.136. The molecule has 0 aromatic rings. The van der Waals surface area contributed by atoms with Crippen molar-refractivity contribution in [3.05, 3.63) is 0 Å². The SMILES string of the molecule is CN(C=O)CC(=O)N(C)C1CCCCC1. The molecule has 15 heavy (non-hydrogen) atoms. The molecule has 1 rings (SSSR count). The van der Waals surface area contributed by atoms with Gasteiger partial charge in [0.15, 0.2) is 0 Å². The van der Waals surface area contributed by atoms with Crippen LogP contribution in [0.5, 0.6) is 0 Å². The highest BCUT2D eigenvalue weighted by molar-refractivity contribution is 5.80. The van der Waals surface area contributed by atoms with Gasteiger partial charge in [-0.3, -0.25) is 9.59 Å². The van der Waals surface area contributed by atoms with Crippen LogP contribution < -0.4 is 0 Å². The van der Waals surface area contributed by atoms with Crippen LogP contribution in [0.15, 0.2) is 0 Å². The van der Waals surface area contributed by atoms with Gasteiger partial charge in [0, 0.05) is 20.1 Å². The fraction of sp³-hybridized carbons (Fsp3) is 0.818. The second-order valence-electron chi connectivity index (χ2n) is 4.32. The second kappa shape index (κ2) is 5.73. The van der Waals surface area contributed by atoms with Crippen LogP contribution >= 0.6 is 0 Å². The normalized spacial score (nSPS) is 17.2. The molecule has 0 spiro atoms. The highest BCUT2D eigenvalue weighted by Crippen LogP contribution is 2.21. The zero-order valence-corrected chi connectivity index (χ0v) is 9.61. The summed E-state index contributed by atoms with van der Waals surface area (Å²) in [6.07, 6.45) is 6.61. The number of likely N-dealkylation sites (N-methyl/N-ethyl adjacent to an activating group) is 2. The van der Waals surface area contributed by atoms with E-state index >= 15 is 0 Å². The smallest absolute Gasteiger partial charge is 0.242 e. The Hall–Kier alpha value is -1.06. The summed E-state index contributed by atoms with van der Waals surface area (Å²) in [6, 6.07) is 0.381. The van der Waals surface area contributed by atoms with Crippen LogP contribution in [-0.4, -0.2) is 48.8 Å². The average molecular weight is 212 g/mol. The van der Waals surface area contributed by atoms with Crippen molar-refractivity contribution >= 4 is 12.3 Å². The summed E-state index contributed by atoms with van der Waals surface area (Å²) in [6.45, 7) is 0.191. The van der Waals surface area contributed by atoms with Crippen molar-refractivity contribution in [3.63, 3.8) is 0 Å². The molecule has 0 aliphatic heterocycles. The van der Waals surface area contributed by atoms with Gasteiger partial charge in [-0.15, -0.1) is 0 Å². The zero-order chi connectivity index (χ0) is 11.3. The Bertz CT molecular complexity index is 225. The van der Waals surface area contributed by atoms with Gasteiger partial charge in [0.25, 0.3) is 0 Å². The number of rotatable bonds is 4. The minimum absolute atomic E-state index is 0.0384. The second-order valence-corrected chi connectivity index (χ2v) is 4.32. The Kier molecular flexibility index (Phi) is 4.59. The molecular weight excluding hydrogens is 192 g/mol. The van der Waals surface area contributed by atoms with E-state index in [-0.39, 0.29) is 12.5 Å². The molecule has 0 radical (unpaired) electrons. The third-order valence-corrected chi connectivity index (χ3v) is 3.08. The van der Waals surface area contributed by atoms with Crippen molar-refractivity contribution in [1.82, 2.24) is 9.80 Å². The maximum atomic E-state index is 11.7. The molecule has 1 aliphatic rings. The standard InChI is InChI=1S/C11H20N2O2/c1-12(9-14)8-11(15)13(2)10-6-4-3-5-7-10/h9-10H,3-8H2,1-2H3. The van der Waals surface area contributed by atoms with E-state index < -0.39 is 0 Å². The molecule has 2 amide bonds. The topological polar surface area (TPSA) is 40.6 Å². The van der Waals surface area contributed by atoms with Crippen LogP contribution in [0.2, 0.25) is 0 Å². The molecule has 0 unspecified atom stereocenters. The van der Waals surface area contributed by atoms with Crippen LogP contribution in [0.1, 0.15) is 32.1 Å². The number of amides is 2. The number of hydrogen-bond donors (Lipinski definition) is 0. The summed E-state index contributed by atoms with van der Waals surface area (Å²) in [5.41, 5.74) is 0. The fourth-order valence-electron chi connectivity index (χ4n) is 2.03. The van der Waals surface area contributed by atoms with E-state index in [1.807, 2.05) is 7.05 Å². The van der Waals surface area contributed by atoms with Gasteiger partial charge < -0.3 is 9.80 Å². The first-order chi connectivity index (χ1) is 7.15. The molecule has 0 bridgehead atoms. The van der Waals surface area contributed by atoms with Crippen LogP contribution in [0.4, 0.5) is 0 Å². The molecule has 1 saturated carbocycles. The fourth-order valence-corrected chi connectivity index (χ4v) is 2.03. The zero-order valence-electron chi connectivity index (χ0n) is 9.61. The molecule has 86 valence electrons. The van der Waals surface area contributed by atoms with E-state index in [0.29, 0.717) is 12.5 Å². The third kappa shape index (κ3) is 3.53. The van der Waals surface area contributed by atoms with Crippen LogP contribution in [0.25, 0.3) is 0 Å². The number of nitrogens with zero attached hydrogens (tertiary/aromatic N) is 2. The number of carbonyl (C=O) groups is 2. The van der Waals surface area contributed by atoms with Crippen molar-refractivity contribution in [2.75, 3.05) is 20.6 Å². The molecule has 1 fully saturated rings. The molecule has 4 nitrogen and oxygen atoms in total. The predicted molar refractivity (Wildman–Crippen MR) is 58.3 cm³/mol. The Morgan fingerprint density at radius 1 is 1.27 bits per heavy atom. The van der Waals surface area contributed by atoms with Crippen molar-refractivity contribution < 1.29 is 9.59 Å². The maximum Gasteiger partial charge on any atom is 0.242 e. The van der Waals surface area contributed by atoms with Gasteiger partial charge in [0.1, 0.15) is 0 Å². The lowest BCUT2D eigenvalue weighted by Gasteiger charge is -2.31. The van der Waals surface area contributed by atoms with E-state index in [1.165, 1.54) is 24.2 Å². The van der Waals surface area contributed by atoms with Crippen molar-refractivity contribution in [2.45, 2.75) is 38.1 Å². The van der Waals surface area contributed by atoms with Crippen molar-refractivity contribution in [1.29, 1.82) is 0 Å². The monoisotopic (exact) mass is 212 g/mol. The molecule has 0 aromatic heterocycles. The molecule has 0 atom stereocenters. The quantitative estimate of drug-likeness (QED) is 0.649. The summed E-state index contributed by atoms with van der Waals surface area (Å²) >= 11 is 0. The summed E-state index contributed by atoms with van der Waals surface area (Å²) in [5, 5.41) is 0. The Morgan fingerprint density at radius 3 is 2.40 bits per heavy atom. The van der Waals surface area contributed by atoms with Gasteiger partial charge in [0.2, 0.25) is 12.3 Å². The molecule has 0 aromatic carbocycles. The number of carbonyl (C=O) groups excluding carboxylic acids is 2. The molecule has 0 N–H and O–H groups in total. The molecule has 4 heteroatoms. The van der Waals surface area contributed by atoms with E-state index in [0.717, 1.165) is 12.8 Å². The van der Waals surface area contributed by atoms with E-state index in [9.17, 15) is 9.59 Å². The lowest BCUT2D eigenvalue weighted by atomic mass is 9.94. The predicted octanol–water partition coefficient (Wildman–Crippen LogP) is 0.866. The Labute approximate surface area is 91.2 Å². The molecule has 0 saturated heterocycles. The largest absolute Gasteiger partial charge is 0.341 e. The van der Waals surface area contributed by atoms with E-state index in [2.05, 4.69) is 0 Å². The minimum Gasteiger partial charge on any atom is -0.341 e. The first-order valence-corrected chi connectivity index (χ1v) is 5.56. The van der Waals surface area contributed by atoms with Crippen molar-refractivity contribution in [2.24, 2.45) is 0 Å². The van der Waals surface area contributed by atoms with E-state index in [4.69, 9.17) is 0 Å².